The number of hydrogen-bond donors (Lipinski definition) is 3. The number of halogens is 3. The van der Waals surface area contributed by atoms with Gasteiger partial charge in [0.05, 0.1) is 5.69 Å². The Morgan fingerprint density at radius 3 is 2.73 bits per heavy atom. The van der Waals surface area contributed by atoms with E-state index >= 15 is 0 Å². The quantitative estimate of drug-likeness (QED) is 0.537. The largest absolute Gasteiger partial charge is 0.419 e. The minimum atomic E-state index is -4.59. The number of hydrogen-bond acceptors (Lipinski definition) is 5. The summed E-state index contributed by atoms with van der Waals surface area (Å²) in [4.78, 5) is 11.2. The number of piperidine rings is 1. The summed E-state index contributed by atoms with van der Waals surface area (Å²) in [5, 5.41) is 7.63. The number of benzene rings is 1. The van der Waals surface area contributed by atoms with E-state index in [0.717, 1.165) is 25.6 Å². The Morgan fingerprint density at radius 1 is 1.27 bits per heavy atom. The molecule has 0 spiro atoms. The maximum absolute atomic E-state index is 13.7. The maximum atomic E-state index is 13.7. The van der Waals surface area contributed by atoms with Crippen LogP contribution in [0.1, 0.15) is 18.4 Å². The molecule has 30 heavy (non-hydrogen) atoms. The summed E-state index contributed by atoms with van der Waals surface area (Å²) in [6, 6.07) is 5.18. The SMILES string of the molecule is CP(C)(=O)c1ccc2c(-c3nc(N[C@H]4CCCNC4)ncc3C(F)(F)F)c[nH]c2c1. The molecule has 3 heterocycles. The van der Waals surface area contributed by atoms with Crippen molar-refractivity contribution in [3.63, 3.8) is 0 Å². The highest BCUT2D eigenvalue weighted by Crippen LogP contribution is 2.40. The first-order valence-electron chi connectivity index (χ1n) is 9.71. The van der Waals surface area contributed by atoms with Crippen molar-refractivity contribution >= 4 is 29.3 Å². The number of rotatable bonds is 4. The number of aromatic amines is 1. The zero-order valence-corrected chi connectivity index (χ0v) is 17.6. The van der Waals surface area contributed by atoms with Crippen molar-refractivity contribution in [3.05, 3.63) is 36.2 Å². The predicted molar refractivity (Wildman–Crippen MR) is 113 cm³/mol. The first-order chi connectivity index (χ1) is 14.1. The lowest BCUT2D eigenvalue weighted by atomic mass is 10.1. The van der Waals surface area contributed by atoms with Crippen LogP contribution in [-0.4, -0.2) is 47.4 Å². The Morgan fingerprint density at radius 2 is 2.07 bits per heavy atom. The van der Waals surface area contributed by atoms with E-state index in [1.807, 2.05) is 0 Å². The monoisotopic (exact) mass is 437 g/mol. The van der Waals surface area contributed by atoms with Crippen molar-refractivity contribution in [2.24, 2.45) is 0 Å². The second-order valence-corrected chi connectivity index (χ2v) is 11.1. The Labute approximate surface area is 172 Å². The number of aromatic nitrogens is 3. The third kappa shape index (κ3) is 4.23. The van der Waals surface area contributed by atoms with Crippen LogP contribution in [0.25, 0.3) is 22.2 Å². The van der Waals surface area contributed by atoms with Gasteiger partial charge in [0.1, 0.15) is 12.7 Å². The van der Waals surface area contributed by atoms with Crippen molar-refractivity contribution in [2.75, 3.05) is 31.7 Å². The molecule has 0 aliphatic carbocycles. The van der Waals surface area contributed by atoms with Crippen LogP contribution < -0.4 is 15.9 Å². The van der Waals surface area contributed by atoms with Crippen molar-refractivity contribution in [1.29, 1.82) is 0 Å². The van der Waals surface area contributed by atoms with Gasteiger partial charge in [0.15, 0.2) is 0 Å². The average molecular weight is 437 g/mol. The van der Waals surface area contributed by atoms with Gasteiger partial charge in [0, 0.05) is 46.8 Å². The number of H-pyrrole nitrogens is 1. The minimum Gasteiger partial charge on any atom is -0.360 e. The summed E-state index contributed by atoms with van der Waals surface area (Å²) in [7, 11) is -2.49. The highest BCUT2D eigenvalue weighted by atomic mass is 31.2. The molecular weight excluding hydrogens is 414 g/mol. The fraction of sp³-hybridized carbons (Fsp3) is 0.400. The van der Waals surface area contributed by atoms with E-state index in [-0.39, 0.29) is 17.7 Å². The molecular formula is C20H23F3N5OP. The van der Waals surface area contributed by atoms with Crippen molar-refractivity contribution < 1.29 is 17.7 Å². The van der Waals surface area contributed by atoms with E-state index in [4.69, 9.17) is 0 Å². The average Bonchev–Trinajstić information content (AvgIpc) is 3.10. The molecule has 1 fully saturated rings. The second-order valence-electron chi connectivity index (χ2n) is 7.92. The summed E-state index contributed by atoms with van der Waals surface area (Å²) in [6.07, 6.45) is -0.369. The first-order valence-corrected chi connectivity index (χ1v) is 12.3. The molecule has 1 aliphatic rings. The van der Waals surface area contributed by atoms with E-state index in [1.165, 1.54) is 6.20 Å². The van der Waals surface area contributed by atoms with E-state index in [1.54, 1.807) is 31.5 Å². The molecule has 3 aromatic rings. The van der Waals surface area contributed by atoms with Gasteiger partial charge in [-0.25, -0.2) is 9.97 Å². The van der Waals surface area contributed by atoms with Crippen LogP contribution >= 0.6 is 7.14 Å². The lowest BCUT2D eigenvalue weighted by Gasteiger charge is -2.24. The predicted octanol–water partition coefficient (Wildman–Crippen LogP) is 4.06. The molecule has 1 aromatic carbocycles. The Kier molecular flexibility index (Phi) is 5.36. The van der Waals surface area contributed by atoms with Gasteiger partial charge in [0.25, 0.3) is 0 Å². The van der Waals surface area contributed by atoms with Crippen molar-refractivity contribution in [2.45, 2.75) is 25.1 Å². The van der Waals surface area contributed by atoms with Gasteiger partial charge in [-0.1, -0.05) is 12.1 Å². The van der Waals surface area contributed by atoms with Gasteiger partial charge in [-0.3, -0.25) is 0 Å². The van der Waals surface area contributed by atoms with Crippen LogP contribution in [0.4, 0.5) is 19.1 Å². The zero-order chi connectivity index (χ0) is 21.5. The third-order valence-electron chi connectivity index (χ3n) is 5.27. The summed E-state index contributed by atoms with van der Waals surface area (Å²) < 4.78 is 53.4. The molecule has 3 N–H and O–H groups in total. The lowest BCUT2D eigenvalue weighted by molar-refractivity contribution is -0.137. The van der Waals surface area contributed by atoms with Crippen molar-refractivity contribution in [1.82, 2.24) is 20.3 Å². The molecule has 0 amide bonds. The molecule has 1 atom stereocenters. The van der Waals surface area contributed by atoms with Gasteiger partial charge in [-0.15, -0.1) is 0 Å². The third-order valence-corrected chi connectivity index (χ3v) is 6.79. The number of alkyl halides is 3. The first kappa shape index (κ1) is 20.9. The number of nitrogens with one attached hydrogen (secondary N) is 3. The maximum Gasteiger partial charge on any atom is 0.419 e. The second kappa shape index (κ2) is 7.71. The minimum absolute atomic E-state index is 0.0668. The number of anilines is 1. The molecule has 0 bridgehead atoms. The fourth-order valence-electron chi connectivity index (χ4n) is 3.67. The molecule has 160 valence electrons. The normalized spacial score (nSPS) is 18.0. The van der Waals surface area contributed by atoms with Gasteiger partial charge >= 0.3 is 6.18 Å². The highest BCUT2D eigenvalue weighted by Gasteiger charge is 2.36. The summed E-state index contributed by atoms with van der Waals surface area (Å²) in [6.45, 7) is 4.95. The molecule has 6 nitrogen and oxygen atoms in total. The van der Waals surface area contributed by atoms with E-state index in [0.29, 0.717) is 28.3 Å². The van der Waals surface area contributed by atoms with Crippen LogP contribution in [0.3, 0.4) is 0 Å². The summed E-state index contributed by atoms with van der Waals surface area (Å²) in [5.41, 5.74) is -0.127. The smallest absolute Gasteiger partial charge is 0.360 e. The number of nitrogens with zero attached hydrogens (tertiary/aromatic N) is 2. The van der Waals surface area contributed by atoms with Crippen LogP contribution in [0.5, 0.6) is 0 Å². The molecule has 1 aliphatic heterocycles. The van der Waals surface area contributed by atoms with Gasteiger partial charge in [0.2, 0.25) is 5.95 Å². The molecule has 2 aromatic heterocycles. The van der Waals surface area contributed by atoms with Gasteiger partial charge in [-0.05, 0) is 38.8 Å². The van der Waals surface area contributed by atoms with Crippen LogP contribution in [0, 0.1) is 0 Å². The zero-order valence-electron chi connectivity index (χ0n) is 16.7. The Hall–Kier alpha value is -2.38. The van der Waals surface area contributed by atoms with E-state index < -0.39 is 18.9 Å². The molecule has 0 saturated carbocycles. The van der Waals surface area contributed by atoms with Crippen LogP contribution in [0.15, 0.2) is 30.6 Å². The lowest BCUT2D eigenvalue weighted by Crippen LogP contribution is -2.38. The van der Waals surface area contributed by atoms with Crippen LogP contribution in [-0.2, 0) is 10.7 Å². The van der Waals surface area contributed by atoms with E-state index in [9.17, 15) is 17.7 Å². The Balaban J connectivity index is 1.79. The topological polar surface area (TPSA) is 82.7 Å². The molecule has 10 heteroatoms. The summed E-state index contributed by atoms with van der Waals surface area (Å²) in [5.74, 6) is 0.171. The molecule has 0 radical (unpaired) electrons. The highest BCUT2D eigenvalue weighted by molar-refractivity contribution is 7.70. The van der Waals surface area contributed by atoms with Gasteiger partial charge in [-0.2, -0.15) is 13.2 Å². The Bertz CT molecular complexity index is 1120. The standard InChI is InChI=1S/C20H23F3N5OP/c1-30(2,29)13-5-6-14-15(10-25-17(14)8-13)18-16(20(21,22)23)11-26-19(28-18)27-12-4-3-7-24-9-12/h5-6,8,10-12,24-25H,3-4,7,9H2,1-2H3,(H,26,27,28)/t12-/m0/s1. The molecule has 0 unspecified atom stereocenters. The number of fused-ring (bicyclic) bond motifs is 1. The van der Waals surface area contributed by atoms with Crippen molar-refractivity contribution in [3.8, 4) is 11.3 Å². The molecule has 4 rings (SSSR count). The molecule has 1 saturated heterocycles. The van der Waals surface area contributed by atoms with E-state index in [2.05, 4.69) is 25.6 Å². The van der Waals surface area contributed by atoms with Gasteiger partial charge < -0.3 is 20.2 Å². The summed E-state index contributed by atoms with van der Waals surface area (Å²) >= 11 is 0. The van der Waals surface area contributed by atoms with Crippen LogP contribution in [0.2, 0.25) is 0 Å². The fourth-order valence-corrected chi connectivity index (χ4v) is 4.54.